The number of Topliss-reactive ketones (excluding diaryl/α,β-unsaturated/α-hetero) is 1. The van der Waals surface area contributed by atoms with Crippen molar-refractivity contribution in [2.45, 2.75) is 89.8 Å². The van der Waals surface area contributed by atoms with Gasteiger partial charge in [0.25, 0.3) is 0 Å². The monoisotopic (exact) mass is 444 g/mol. The van der Waals surface area contributed by atoms with Gasteiger partial charge in [0.15, 0.2) is 17.7 Å². The number of rotatable bonds is 5. The van der Waals surface area contributed by atoms with Gasteiger partial charge < -0.3 is 19.7 Å². The molecule has 0 aromatic heterocycles. The first kappa shape index (κ1) is 22.5. The topological polar surface area (TPSA) is 93.1 Å². The van der Waals surface area contributed by atoms with E-state index in [1.165, 1.54) is 5.57 Å². The van der Waals surface area contributed by atoms with Crippen molar-refractivity contribution in [1.82, 2.24) is 0 Å². The third-order valence-corrected chi connectivity index (χ3v) is 9.73. The molecule has 4 fully saturated rings. The summed E-state index contributed by atoms with van der Waals surface area (Å²) in [6.45, 7) is 5.71. The predicted octanol–water partition coefficient (Wildman–Crippen LogP) is 3.11. The molecular weight excluding hydrogens is 408 g/mol. The zero-order valence-electron chi connectivity index (χ0n) is 19.4. The number of ketones is 1. The number of ether oxygens (including phenoxy) is 2. The van der Waals surface area contributed by atoms with Crippen LogP contribution in [0.3, 0.4) is 0 Å². The number of aliphatic hydroxyl groups is 2. The molecular formula is C26H36O6. The van der Waals surface area contributed by atoms with Crippen molar-refractivity contribution < 1.29 is 29.3 Å². The summed E-state index contributed by atoms with van der Waals surface area (Å²) in [7, 11) is 0. The minimum Gasteiger partial charge on any atom is -0.393 e. The van der Waals surface area contributed by atoms with Gasteiger partial charge in [0.05, 0.1) is 12.2 Å². The Hall–Kier alpha value is -1.34. The van der Waals surface area contributed by atoms with Crippen LogP contribution >= 0.6 is 0 Å². The Morgan fingerprint density at radius 2 is 2.12 bits per heavy atom. The lowest BCUT2D eigenvalue weighted by atomic mass is 9.46. The average molecular weight is 445 g/mol. The molecule has 0 aromatic rings. The third-order valence-electron chi connectivity index (χ3n) is 9.73. The van der Waals surface area contributed by atoms with Crippen molar-refractivity contribution >= 4 is 12.1 Å². The molecule has 0 radical (unpaired) electrons. The molecule has 1 aliphatic heterocycles. The predicted molar refractivity (Wildman–Crippen MR) is 117 cm³/mol. The van der Waals surface area contributed by atoms with E-state index in [0.717, 1.165) is 31.1 Å². The summed E-state index contributed by atoms with van der Waals surface area (Å²) in [5.41, 5.74) is -0.126. The normalized spacial score (nSPS) is 49.3. The molecule has 32 heavy (non-hydrogen) atoms. The van der Waals surface area contributed by atoms with E-state index in [0.29, 0.717) is 25.7 Å². The molecule has 0 spiro atoms. The largest absolute Gasteiger partial charge is 0.393 e. The van der Waals surface area contributed by atoms with E-state index in [4.69, 9.17) is 9.47 Å². The highest BCUT2D eigenvalue weighted by Crippen LogP contribution is 2.70. The fourth-order valence-corrected chi connectivity index (χ4v) is 8.57. The Morgan fingerprint density at radius 3 is 2.81 bits per heavy atom. The molecule has 1 saturated heterocycles. The Balaban J connectivity index is 1.56. The lowest BCUT2D eigenvalue weighted by Crippen LogP contribution is -2.63. The highest BCUT2D eigenvalue weighted by Gasteiger charge is 2.75. The SMILES string of the molecule is CCC[C@@H]1O[C@@H]2CC3[C@@H]4CCC5=C(C=O)CC=C[C@]5(C)[C@H]4[C@@H](O)C[C@@]3(C)C2(C(=O)CO)O1. The quantitative estimate of drug-likeness (QED) is 0.500. The molecule has 5 rings (SSSR count). The summed E-state index contributed by atoms with van der Waals surface area (Å²) in [5.74, 6) is 0.00818. The Labute approximate surface area is 190 Å². The minimum absolute atomic E-state index is 0.0117. The zero-order valence-corrected chi connectivity index (χ0v) is 19.4. The summed E-state index contributed by atoms with van der Waals surface area (Å²) in [5, 5.41) is 21.5. The molecule has 9 atom stereocenters. The average Bonchev–Trinajstić information content (AvgIpc) is 3.24. The Bertz CT molecular complexity index is 878. The maximum absolute atomic E-state index is 13.3. The second-order valence-electron chi connectivity index (χ2n) is 11.0. The van der Waals surface area contributed by atoms with Gasteiger partial charge in [0.1, 0.15) is 12.9 Å². The van der Waals surface area contributed by atoms with E-state index in [9.17, 15) is 19.8 Å². The minimum atomic E-state index is -1.20. The van der Waals surface area contributed by atoms with Crippen molar-refractivity contribution in [1.29, 1.82) is 0 Å². The third kappa shape index (κ3) is 2.67. The van der Waals surface area contributed by atoms with Gasteiger partial charge in [-0.05, 0) is 55.9 Å². The maximum Gasteiger partial charge on any atom is 0.193 e. The second kappa shape index (κ2) is 7.59. The second-order valence-corrected chi connectivity index (χ2v) is 11.0. The number of allylic oxidation sites excluding steroid dienone is 4. The van der Waals surface area contributed by atoms with Crippen molar-refractivity contribution in [3.8, 4) is 0 Å². The number of aldehydes is 1. The summed E-state index contributed by atoms with van der Waals surface area (Å²) in [4.78, 5) is 25.0. The maximum atomic E-state index is 13.3. The summed E-state index contributed by atoms with van der Waals surface area (Å²) < 4.78 is 12.7. The zero-order chi connectivity index (χ0) is 22.9. The van der Waals surface area contributed by atoms with Crippen LogP contribution in [0.1, 0.15) is 65.7 Å². The van der Waals surface area contributed by atoms with E-state index >= 15 is 0 Å². The first-order valence-corrected chi connectivity index (χ1v) is 12.3. The highest BCUT2D eigenvalue weighted by molar-refractivity contribution is 5.91. The van der Waals surface area contributed by atoms with Crippen LogP contribution in [0.15, 0.2) is 23.3 Å². The number of hydrogen-bond donors (Lipinski definition) is 2. The Morgan fingerprint density at radius 1 is 1.34 bits per heavy atom. The fourth-order valence-electron chi connectivity index (χ4n) is 8.57. The van der Waals surface area contributed by atoms with Crippen LogP contribution < -0.4 is 0 Å². The van der Waals surface area contributed by atoms with Gasteiger partial charge in [0.2, 0.25) is 0 Å². The van der Waals surface area contributed by atoms with E-state index in [2.05, 4.69) is 32.9 Å². The van der Waals surface area contributed by atoms with Crippen LogP contribution in [0.4, 0.5) is 0 Å². The standard InChI is InChI=1S/C26H36O6/c1-4-6-22-31-21-11-18-16-8-9-17-15(13-27)7-5-10-24(17,2)23(16)19(29)12-25(18,3)26(21,32-22)20(30)14-28/h5,10,13,16,18-19,21-23,28-29H,4,6-9,11-12,14H2,1-3H3/t16-,18?,19-,21+,22+,23+,24-,25+,26?/m0/s1. The molecule has 5 aliphatic rings. The van der Waals surface area contributed by atoms with Crippen LogP contribution in [0, 0.1) is 28.6 Å². The molecule has 0 aromatic carbocycles. The van der Waals surface area contributed by atoms with Gasteiger partial charge >= 0.3 is 0 Å². The molecule has 6 nitrogen and oxygen atoms in total. The van der Waals surface area contributed by atoms with E-state index in [-0.39, 0.29) is 29.0 Å². The summed E-state index contributed by atoms with van der Waals surface area (Å²) in [6.07, 6.45) is 8.89. The van der Waals surface area contributed by atoms with Gasteiger partial charge in [-0.1, -0.05) is 44.9 Å². The lowest BCUT2D eigenvalue weighted by molar-refractivity contribution is -0.200. The number of fused-ring (bicyclic) bond motifs is 7. The molecule has 176 valence electrons. The molecule has 0 bridgehead atoms. The molecule has 3 saturated carbocycles. The van der Waals surface area contributed by atoms with E-state index in [1.807, 2.05) is 0 Å². The fraction of sp³-hybridized carbons (Fsp3) is 0.769. The number of hydrogen-bond acceptors (Lipinski definition) is 6. The van der Waals surface area contributed by atoms with Crippen LogP contribution in [0.5, 0.6) is 0 Å². The van der Waals surface area contributed by atoms with Gasteiger partial charge in [-0.15, -0.1) is 0 Å². The van der Waals surface area contributed by atoms with Gasteiger partial charge in [0, 0.05) is 16.7 Å². The first-order valence-electron chi connectivity index (χ1n) is 12.3. The molecule has 0 amide bonds. The van der Waals surface area contributed by atoms with E-state index < -0.39 is 36.1 Å². The molecule has 4 aliphatic carbocycles. The van der Waals surface area contributed by atoms with E-state index in [1.54, 1.807) is 0 Å². The van der Waals surface area contributed by atoms with Crippen LogP contribution in [0.2, 0.25) is 0 Å². The molecule has 6 heteroatoms. The smallest absolute Gasteiger partial charge is 0.193 e. The Kier molecular flexibility index (Phi) is 5.32. The van der Waals surface area contributed by atoms with Crippen molar-refractivity contribution in [3.63, 3.8) is 0 Å². The summed E-state index contributed by atoms with van der Waals surface area (Å²) in [6, 6.07) is 0. The molecule has 2 unspecified atom stereocenters. The number of carbonyl (C=O) groups excluding carboxylic acids is 2. The van der Waals surface area contributed by atoms with Crippen molar-refractivity contribution in [2.75, 3.05) is 6.61 Å². The van der Waals surface area contributed by atoms with Gasteiger partial charge in [-0.2, -0.15) is 0 Å². The van der Waals surface area contributed by atoms with Crippen LogP contribution in [-0.2, 0) is 19.1 Å². The highest BCUT2D eigenvalue weighted by atomic mass is 16.7. The molecule has 1 heterocycles. The van der Waals surface area contributed by atoms with Crippen LogP contribution in [-0.4, -0.2) is 53.0 Å². The lowest BCUT2D eigenvalue weighted by Gasteiger charge is -2.60. The van der Waals surface area contributed by atoms with Gasteiger partial charge in [-0.3, -0.25) is 9.59 Å². The first-order chi connectivity index (χ1) is 15.3. The van der Waals surface area contributed by atoms with Crippen molar-refractivity contribution in [2.24, 2.45) is 28.6 Å². The summed E-state index contributed by atoms with van der Waals surface area (Å²) >= 11 is 0. The van der Waals surface area contributed by atoms with Crippen LogP contribution in [0.25, 0.3) is 0 Å². The van der Waals surface area contributed by atoms with Gasteiger partial charge in [-0.25, -0.2) is 0 Å². The number of aliphatic hydroxyl groups excluding tert-OH is 2. The van der Waals surface area contributed by atoms with Crippen molar-refractivity contribution in [3.05, 3.63) is 23.3 Å². The number of carbonyl (C=O) groups is 2. The molecule has 2 N–H and O–H groups in total.